The van der Waals surface area contributed by atoms with E-state index in [1.807, 2.05) is 6.07 Å². The lowest BCUT2D eigenvalue weighted by atomic mass is 10.1. The minimum absolute atomic E-state index is 0.165. The molecule has 15 heavy (non-hydrogen) atoms. The number of pyridine rings is 1. The highest BCUT2D eigenvalue weighted by atomic mass is 35.5. The number of carbonyl (C=O) groups is 1. The Balaban J connectivity index is 2.96. The van der Waals surface area contributed by atoms with Crippen LogP contribution in [0.1, 0.15) is 21.6 Å². The molecule has 4 heteroatoms. The van der Waals surface area contributed by atoms with E-state index in [0.717, 1.165) is 11.8 Å². The van der Waals surface area contributed by atoms with Gasteiger partial charge in [-0.3, -0.25) is 4.79 Å². The van der Waals surface area contributed by atoms with Gasteiger partial charge >= 0.3 is 0 Å². The molecule has 2 aromatic heterocycles. The third kappa shape index (κ3) is 1.31. The number of nitriles is 1. The highest BCUT2D eigenvalue weighted by Gasteiger charge is 2.15. The van der Waals surface area contributed by atoms with E-state index in [9.17, 15) is 4.79 Å². The number of nitrogens with zero attached hydrogens (tertiary/aromatic N) is 2. The second-order valence-corrected chi connectivity index (χ2v) is 3.33. The quantitative estimate of drug-likeness (QED) is 0.574. The van der Waals surface area contributed by atoms with Gasteiger partial charge in [0, 0.05) is 11.8 Å². The van der Waals surface area contributed by atoms with Crippen molar-refractivity contribution in [2.45, 2.75) is 5.88 Å². The summed E-state index contributed by atoms with van der Waals surface area (Å²) in [7, 11) is 0. The molecule has 0 saturated heterocycles. The van der Waals surface area contributed by atoms with Crippen LogP contribution in [-0.2, 0) is 5.88 Å². The maximum Gasteiger partial charge on any atom is 0.167 e. The van der Waals surface area contributed by atoms with Crippen molar-refractivity contribution in [3.05, 3.63) is 41.2 Å². The van der Waals surface area contributed by atoms with Gasteiger partial charge in [-0.25, -0.2) is 0 Å². The van der Waals surface area contributed by atoms with E-state index in [4.69, 9.17) is 16.9 Å². The Morgan fingerprint density at radius 3 is 2.93 bits per heavy atom. The minimum atomic E-state index is 0.165. The van der Waals surface area contributed by atoms with Crippen molar-refractivity contribution in [2.75, 3.05) is 0 Å². The summed E-state index contributed by atoms with van der Waals surface area (Å²) in [4.78, 5) is 10.9. The molecule has 0 aromatic carbocycles. The summed E-state index contributed by atoms with van der Waals surface area (Å²) in [6.45, 7) is 0. The Morgan fingerprint density at radius 2 is 2.33 bits per heavy atom. The van der Waals surface area contributed by atoms with Crippen LogP contribution in [0.5, 0.6) is 0 Å². The van der Waals surface area contributed by atoms with Crippen molar-refractivity contribution in [3.8, 4) is 6.07 Å². The molecule has 74 valence electrons. The van der Waals surface area contributed by atoms with Crippen LogP contribution >= 0.6 is 11.6 Å². The van der Waals surface area contributed by atoms with Gasteiger partial charge in [0.2, 0.25) is 0 Å². The maximum absolute atomic E-state index is 10.9. The van der Waals surface area contributed by atoms with Gasteiger partial charge < -0.3 is 4.40 Å². The van der Waals surface area contributed by atoms with Crippen LogP contribution in [0.15, 0.2) is 24.4 Å². The molecule has 0 N–H and O–H groups in total. The number of fused-ring (bicyclic) bond motifs is 1. The number of carbonyl (C=O) groups excluding carboxylic acids is 1. The summed E-state index contributed by atoms with van der Waals surface area (Å²) in [5.41, 5.74) is 2.25. The highest BCUT2D eigenvalue weighted by molar-refractivity contribution is 6.17. The molecule has 2 aromatic rings. The maximum atomic E-state index is 10.9. The van der Waals surface area contributed by atoms with Crippen LogP contribution in [0.3, 0.4) is 0 Å². The van der Waals surface area contributed by atoms with E-state index >= 15 is 0 Å². The third-order valence-electron chi connectivity index (χ3n) is 2.34. The van der Waals surface area contributed by atoms with Crippen LogP contribution in [0.2, 0.25) is 0 Å². The van der Waals surface area contributed by atoms with Crippen molar-refractivity contribution in [3.63, 3.8) is 0 Å². The minimum Gasteiger partial charge on any atom is -0.313 e. The molecule has 0 aliphatic heterocycles. The number of aldehydes is 1. The van der Waals surface area contributed by atoms with E-state index in [-0.39, 0.29) is 5.88 Å². The first kappa shape index (κ1) is 9.75. The predicted octanol–water partition coefficient (Wildman–Crippen LogP) is 2.36. The predicted molar refractivity (Wildman–Crippen MR) is 57.1 cm³/mol. The molecule has 0 fully saturated rings. The molecule has 3 nitrogen and oxygen atoms in total. The molecule has 0 spiro atoms. The van der Waals surface area contributed by atoms with E-state index in [1.54, 1.807) is 22.7 Å². The van der Waals surface area contributed by atoms with Crippen LogP contribution in [0.4, 0.5) is 0 Å². The zero-order valence-corrected chi connectivity index (χ0v) is 8.53. The molecule has 0 bridgehead atoms. The first-order chi connectivity index (χ1) is 7.33. The zero-order valence-electron chi connectivity index (χ0n) is 7.77. The van der Waals surface area contributed by atoms with E-state index in [0.29, 0.717) is 16.8 Å². The topological polar surface area (TPSA) is 45.3 Å². The fraction of sp³-hybridized carbons (Fsp3) is 0.0909. The third-order valence-corrected chi connectivity index (χ3v) is 2.61. The average Bonchev–Trinajstić information content (AvgIpc) is 2.61. The molecular weight excluding hydrogens is 212 g/mol. The Kier molecular flexibility index (Phi) is 2.44. The standard InChI is InChI=1S/C11H7ClN2O/c12-5-8-9(6-13)10-3-1-2-4-14(10)11(8)7-15/h1-4,7H,5H2. The van der Waals surface area contributed by atoms with Gasteiger partial charge in [0.1, 0.15) is 6.07 Å². The van der Waals surface area contributed by atoms with Gasteiger partial charge in [-0.2, -0.15) is 5.26 Å². The molecule has 0 atom stereocenters. The number of rotatable bonds is 2. The number of aromatic nitrogens is 1. The van der Waals surface area contributed by atoms with Crippen LogP contribution in [0.25, 0.3) is 5.52 Å². The van der Waals surface area contributed by atoms with Gasteiger partial charge in [-0.1, -0.05) is 6.07 Å². The molecular formula is C11H7ClN2O. The molecule has 0 amide bonds. The number of alkyl halides is 1. The van der Waals surface area contributed by atoms with Crippen LogP contribution < -0.4 is 0 Å². The second kappa shape index (κ2) is 3.76. The molecule has 0 radical (unpaired) electrons. The Morgan fingerprint density at radius 1 is 1.53 bits per heavy atom. The van der Waals surface area contributed by atoms with Crippen molar-refractivity contribution in [1.29, 1.82) is 5.26 Å². The number of halogens is 1. The fourth-order valence-electron chi connectivity index (χ4n) is 1.67. The summed E-state index contributed by atoms with van der Waals surface area (Å²) >= 11 is 5.74. The SMILES string of the molecule is N#Cc1c(CCl)c(C=O)n2ccccc12. The molecule has 2 rings (SSSR count). The lowest BCUT2D eigenvalue weighted by molar-refractivity contribution is 0.111. The molecule has 0 unspecified atom stereocenters. The smallest absolute Gasteiger partial charge is 0.167 e. The first-order valence-corrected chi connectivity index (χ1v) is 4.90. The van der Waals surface area contributed by atoms with Gasteiger partial charge in [-0.15, -0.1) is 11.6 Å². The van der Waals surface area contributed by atoms with Gasteiger partial charge in [0.05, 0.1) is 22.7 Å². The van der Waals surface area contributed by atoms with Gasteiger partial charge in [-0.05, 0) is 12.1 Å². The van der Waals surface area contributed by atoms with Crippen LogP contribution in [-0.4, -0.2) is 10.7 Å². The lowest BCUT2D eigenvalue weighted by Crippen LogP contribution is -1.92. The largest absolute Gasteiger partial charge is 0.313 e. The van der Waals surface area contributed by atoms with Gasteiger partial charge in [0.25, 0.3) is 0 Å². The molecule has 2 heterocycles. The summed E-state index contributed by atoms with van der Waals surface area (Å²) < 4.78 is 1.68. The number of hydrogen-bond acceptors (Lipinski definition) is 2. The van der Waals surface area contributed by atoms with E-state index in [2.05, 4.69) is 6.07 Å². The summed E-state index contributed by atoms with van der Waals surface area (Å²) in [5.74, 6) is 0.165. The molecule has 0 saturated carbocycles. The van der Waals surface area contributed by atoms with E-state index < -0.39 is 0 Å². The average molecular weight is 219 g/mol. The fourth-order valence-corrected chi connectivity index (χ4v) is 1.94. The Labute approximate surface area is 91.5 Å². The van der Waals surface area contributed by atoms with Crippen molar-refractivity contribution < 1.29 is 4.79 Å². The molecule has 0 aliphatic carbocycles. The second-order valence-electron chi connectivity index (χ2n) is 3.06. The Bertz CT molecular complexity index is 566. The normalized spacial score (nSPS) is 10.1. The highest BCUT2D eigenvalue weighted by Crippen LogP contribution is 2.23. The van der Waals surface area contributed by atoms with Crippen LogP contribution in [0, 0.1) is 11.3 Å². The summed E-state index contributed by atoms with van der Waals surface area (Å²) in [5, 5.41) is 9.02. The van der Waals surface area contributed by atoms with Crippen molar-refractivity contribution >= 4 is 23.4 Å². The zero-order chi connectivity index (χ0) is 10.8. The van der Waals surface area contributed by atoms with Crippen molar-refractivity contribution in [1.82, 2.24) is 4.40 Å². The molecule has 0 aliphatic rings. The Hall–Kier alpha value is -1.79. The first-order valence-electron chi connectivity index (χ1n) is 4.36. The summed E-state index contributed by atoms with van der Waals surface area (Å²) in [6, 6.07) is 7.50. The number of hydrogen-bond donors (Lipinski definition) is 0. The summed E-state index contributed by atoms with van der Waals surface area (Å²) in [6.07, 6.45) is 2.47. The van der Waals surface area contributed by atoms with Crippen molar-refractivity contribution in [2.24, 2.45) is 0 Å². The van der Waals surface area contributed by atoms with Gasteiger partial charge in [0.15, 0.2) is 6.29 Å². The lowest BCUT2D eigenvalue weighted by Gasteiger charge is -1.94. The monoisotopic (exact) mass is 218 g/mol. The van der Waals surface area contributed by atoms with E-state index in [1.165, 1.54) is 0 Å².